The van der Waals surface area contributed by atoms with Crippen LogP contribution in [0.5, 0.6) is 0 Å². The predicted octanol–water partition coefficient (Wildman–Crippen LogP) is 1.49. The summed E-state index contributed by atoms with van der Waals surface area (Å²) in [6.07, 6.45) is 4.40. The molecule has 5 rings (SSSR count). The molecule has 196 valence electrons. The zero-order valence-corrected chi connectivity index (χ0v) is 21.7. The van der Waals surface area contributed by atoms with Crippen molar-refractivity contribution in [2.75, 3.05) is 63.8 Å². The normalized spacial score (nSPS) is 17.8. The third-order valence-electron chi connectivity index (χ3n) is 7.41. The maximum Gasteiger partial charge on any atom is 0.284 e. The van der Waals surface area contributed by atoms with E-state index >= 15 is 0 Å². The zero-order chi connectivity index (χ0) is 25.8. The Morgan fingerprint density at radius 2 is 1.70 bits per heavy atom. The van der Waals surface area contributed by atoms with E-state index in [-0.39, 0.29) is 11.5 Å². The molecular weight excluding hydrogens is 468 g/mol. The fourth-order valence-electron chi connectivity index (χ4n) is 5.02. The van der Waals surface area contributed by atoms with Crippen molar-refractivity contribution in [2.24, 2.45) is 0 Å². The van der Waals surface area contributed by atoms with Crippen LogP contribution in [-0.4, -0.2) is 94.6 Å². The molecule has 0 atom stereocenters. The number of anilines is 1. The molecule has 0 aromatic carbocycles. The molecule has 3 aromatic rings. The summed E-state index contributed by atoms with van der Waals surface area (Å²) in [5.41, 5.74) is 7.89. The molecule has 3 aromatic heterocycles. The summed E-state index contributed by atoms with van der Waals surface area (Å²) in [6, 6.07) is 7.71. The summed E-state index contributed by atoms with van der Waals surface area (Å²) < 4.78 is 0. The number of nitrogens with zero attached hydrogens (tertiary/aromatic N) is 6. The molecular formula is C27H36N8O2. The van der Waals surface area contributed by atoms with Crippen molar-refractivity contribution < 1.29 is 4.79 Å². The second kappa shape index (κ2) is 11.4. The molecule has 0 unspecified atom stereocenters. The van der Waals surface area contributed by atoms with E-state index < -0.39 is 0 Å². The zero-order valence-electron chi connectivity index (χ0n) is 21.7. The Kier molecular flexibility index (Phi) is 7.78. The highest BCUT2D eigenvalue weighted by molar-refractivity contribution is 5.92. The standard InChI is InChI=1S/C27H36N8O2/c1-3-21-16-24-25(30-26(21)36)15-20(17-28-24)19-33-7-11-34(12-8-33)22-5-6-23(29-18-22)27(37)31-35-13-9-32(4-2)10-14-35/h5-6,15-18H,3-4,7-14,19H2,1-2H3,(H,30,36)(H,31,37). The number of amides is 1. The Balaban J connectivity index is 1.12. The van der Waals surface area contributed by atoms with Crippen molar-refractivity contribution in [3.63, 3.8) is 0 Å². The van der Waals surface area contributed by atoms with Crippen LogP contribution >= 0.6 is 0 Å². The summed E-state index contributed by atoms with van der Waals surface area (Å²) in [4.78, 5) is 43.9. The van der Waals surface area contributed by atoms with Crippen molar-refractivity contribution in [1.29, 1.82) is 0 Å². The molecule has 10 nitrogen and oxygen atoms in total. The largest absolute Gasteiger partial charge is 0.368 e. The van der Waals surface area contributed by atoms with E-state index in [2.05, 4.69) is 42.0 Å². The van der Waals surface area contributed by atoms with E-state index in [1.165, 1.54) is 0 Å². The van der Waals surface area contributed by atoms with Gasteiger partial charge in [-0.25, -0.2) is 9.99 Å². The number of aromatic amines is 1. The molecule has 0 radical (unpaired) electrons. The third kappa shape index (κ3) is 5.98. The molecule has 0 bridgehead atoms. The average Bonchev–Trinajstić information content (AvgIpc) is 2.93. The van der Waals surface area contributed by atoms with Crippen LogP contribution in [0.2, 0.25) is 0 Å². The number of piperazine rings is 2. The second-order valence-electron chi connectivity index (χ2n) is 9.78. The van der Waals surface area contributed by atoms with Gasteiger partial charge in [-0.15, -0.1) is 0 Å². The van der Waals surface area contributed by atoms with Gasteiger partial charge in [-0.3, -0.25) is 24.9 Å². The fourth-order valence-corrected chi connectivity index (χ4v) is 5.02. The molecule has 2 N–H and O–H groups in total. The molecule has 0 saturated carbocycles. The number of rotatable bonds is 7. The highest BCUT2D eigenvalue weighted by Crippen LogP contribution is 2.18. The van der Waals surface area contributed by atoms with Crippen LogP contribution in [0.1, 0.15) is 35.5 Å². The number of aryl methyl sites for hydroxylation is 1. The highest BCUT2D eigenvalue weighted by Gasteiger charge is 2.20. The summed E-state index contributed by atoms with van der Waals surface area (Å²) in [7, 11) is 0. The lowest BCUT2D eigenvalue weighted by atomic mass is 10.1. The van der Waals surface area contributed by atoms with E-state index in [1.54, 1.807) is 6.20 Å². The first-order valence-electron chi connectivity index (χ1n) is 13.2. The Bertz CT molecular complexity index is 1280. The Labute approximate surface area is 217 Å². The van der Waals surface area contributed by atoms with E-state index in [0.29, 0.717) is 12.1 Å². The van der Waals surface area contributed by atoms with Gasteiger partial charge in [0.2, 0.25) is 0 Å². The molecule has 2 saturated heterocycles. The van der Waals surface area contributed by atoms with Crippen LogP contribution in [-0.2, 0) is 13.0 Å². The van der Waals surface area contributed by atoms with Crippen LogP contribution in [0.15, 0.2) is 41.5 Å². The van der Waals surface area contributed by atoms with Gasteiger partial charge in [0, 0.05) is 70.7 Å². The number of nitrogens with one attached hydrogen (secondary N) is 2. The molecule has 2 fully saturated rings. The van der Waals surface area contributed by atoms with Gasteiger partial charge in [0.15, 0.2) is 0 Å². The summed E-state index contributed by atoms with van der Waals surface area (Å²) in [5, 5.41) is 1.98. The summed E-state index contributed by atoms with van der Waals surface area (Å²) in [6.45, 7) is 13.1. The number of H-pyrrole nitrogens is 1. The molecule has 10 heteroatoms. The minimum absolute atomic E-state index is 0.0329. The lowest BCUT2D eigenvalue weighted by Gasteiger charge is -2.36. The van der Waals surface area contributed by atoms with Gasteiger partial charge in [-0.05, 0) is 42.8 Å². The molecule has 5 heterocycles. The maximum atomic E-state index is 12.6. The monoisotopic (exact) mass is 504 g/mol. The number of fused-ring (bicyclic) bond motifs is 1. The Morgan fingerprint density at radius 3 is 2.38 bits per heavy atom. The van der Waals surface area contributed by atoms with Crippen LogP contribution in [0.4, 0.5) is 5.69 Å². The van der Waals surface area contributed by atoms with Gasteiger partial charge in [0.25, 0.3) is 11.5 Å². The third-order valence-corrected chi connectivity index (χ3v) is 7.41. The molecule has 2 aliphatic heterocycles. The number of hydrazine groups is 1. The number of likely N-dealkylation sites (N-methyl/N-ethyl adjacent to an activating group) is 1. The lowest BCUT2D eigenvalue weighted by Crippen LogP contribution is -2.53. The molecule has 0 spiro atoms. The Hall–Kier alpha value is -3.34. The van der Waals surface area contributed by atoms with Crippen LogP contribution in [0.3, 0.4) is 0 Å². The van der Waals surface area contributed by atoms with Crippen molar-refractivity contribution in [3.8, 4) is 0 Å². The Morgan fingerprint density at radius 1 is 0.946 bits per heavy atom. The number of pyridine rings is 3. The topological polar surface area (TPSA) is 101 Å². The van der Waals surface area contributed by atoms with Crippen molar-refractivity contribution in [2.45, 2.75) is 26.8 Å². The van der Waals surface area contributed by atoms with Gasteiger partial charge < -0.3 is 14.8 Å². The van der Waals surface area contributed by atoms with E-state index in [1.807, 2.05) is 42.4 Å². The van der Waals surface area contributed by atoms with Crippen LogP contribution in [0, 0.1) is 0 Å². The molecule has 37 heavy (non-hydrogen) atoms. The van der Waals surface area contributed by atoms with Gasteiger partial charge >= 0.3 is 0 Å². The molecule has 1 amide bonds. The molecule has 0 aliphatic carbocycles. The number of carbonyl (C=O) groups excluding carboxylic acids is 1. The SMILES string of the molecule is CCc1cc2ncc(CN3CCN(c4ccc(C(=O)NN5CCN(CC)CC5)nc4)CC3)cc2[nH]c1=O. The number of carbonyl (C=O) groups is 1. The average molecular weight is 505 g/mol. The van der Waals surface area contributed by atoms with Gasteiger partial charge in [0.05, 0.1) is 22.9 Å². The first kappa shape index (κ1) is 25.3. The molecule has 2 aliphatic rings. The fraction of sp³-hybridized carbons (Fsp3) is 0.481. The minimum atomic E-state index is -0.155. The summed E-state index contributed by atoms with van der Waals surface area (Å²) >= 11 is 0. The van der Waals surface area contributed by atoms with E-state index in [4.69, 9.17) is 0 Å². The van der Waals surface area contributed by atoms with Crippen molar-refractivity contribution in [1.82, 2.24) is 35.2 Å². The highest BCUT2D eigenvalue weighted by atomic mass is 16.2. The number of aromatic nitrogens is 3. The predicted molar refractivity (Wildman–Crippen MR) is 145 cm³/mol. The van der Waals surface area contributed by atoms with Gasteiger partial charge in [0.1, 0.15) is 5.69 Å². The van der Waals surface area contributed by atoms with Gasteiger partial charge in [-0.1, -0.05) is 13.8 Å². The van der Waals surface area contributed by atoms with E-state index in [0.717, 1.165) is 93.3 Å². The minimum Gasteiger partial charge on any atom is -0.368 e. The van der Waals surface area contributed by atoms with Crippen molar-refractivity contribution in [3.05, 3.63) is 63.8 Å². The first-order chi connectivity index (χ1) is 18.0. The van der Waals surface area contributed by atoms with E-state index in [9.17, 15) is 9.59 Å². The number of hydrogen-bond acceptors (Lipinski definition) is 8. The van der Waals surface area contributed by atoms with Crippen molar-refractivity contribution >= 4 is 22.6 Å². The summed E-state index contributed by atoms with van der Waals surface area (Å²) in [5.74, 6) is -0.155. The second-order valence-corrected chi connectivity index (χ2v) is 9.78. The smallest absolute Gasteiger partial charge is 0.284 e. The van der Waals surface area contributed by atoms with Gasteiger partial charge in [-0.2, -0.15) is 0 Å². The quantitative estimate of drug-likeness (QED) is 0.499. The lowest BCUT2D eigenvalue weighted by molar-refractivity contribution is 0.0625. The first-order valence-corrected chi connectivity index (χ1v) is 13.2. The van der Waals surface area contributed by atoms with Crippen LogP contribution in [0.25, 0.3) is 11.0 Å². The maximum absolute atomic E-state index is 12.6. The number of hydrogen-bond donors (Lipinski definition) is 2. The van der Waals surface area contributed by atoms with Crippen LogP contribution < -0.4 is 15.9 Å².